The van der Waals surface area contributed by atoms with Gasteiger partial charge >= 0.3 is 5.97 Å². The Bertz CT molecular complexity index is 353. The van der Waals surface area contributed by atoms with Gasteiger partial charge in [0, 0.05) is 13.2 Å². The molecule has 0 aliphatic carbocycles. The van der Waals surface area contributed by atoms with E-state index >= 15 is 0 Å². The molecule has 0 amide bonds. The Morgan fingerprint density at radius 2 is 2.05 bits per heavy atom. The number of ether oxygens (including phenoxy) is 2. The van der Waals surface area contributed by atoms with E-state index < -0.39 is 0 Å². The summed E-state index contributed by atoms with van der Waals surface area (Å²) >= 11 is 0. The Hall–Kier alpha value is -1.35. The van der Waals surface area contributed by atoms with Gasteiger partial charge in [0.05, 0.1) is 5.60 Å². The van der Waals surface area contributed by atoms with Crippen molar-refractivity contribution >= 4 is 5.97 Å². The van der Waals surface area contributed by atoms with Gasteiger partial charge < -0.3 is 9.47 Å². The third kappa shape index (κ3) is 12.1. The maximum Gasteiger partial charge on any atom is 0.331 e. The van der Waals surface area contributed by atoms with Crippen molar-refractivity contribution in [3.63, 3.8) is 0 Å². The zero-order valence-corrected chi connectivity index (χ0v) is 13.9. The average Bonchev–Trinajstić information content (AvgIpc) is 2.44. The maximum absolute atomic E-state index is 11.2. The molecular weight excluding hydrogens is 264 g/mol. The summed E-state index contributed by atoms with van der Waals surface area (Å²) in [6.45, 7) is 10.2. The second kappa shape index (κ2) is 11.3. The quantitative estimate of drug-likeness (QED) is 0.244. The van der Waals surface area contributed by atoms with E-state index in [1.54, 1.807) is 19.3 Å². The molecule has 0 saturated carbocycles. The van der Waals surface area contributed by atoms with Gasteiger partial charge in [-0.25, -0.2) is 4.79 Å². The van der Waals surface area contributed by atoms with Crippen LogP contribution in [0.3, 0.4) is 0 Å². The van der Waals surface area contributed by atoms with E-state index in [1.807, 2.05) is 6.08 Å². The predicted molar refractivity (Wildman–Crippen MR) is 88.2 cm³/mol. The monoisotopic (exact) mass is 294 g/mol. The molecule has 0 radical (unpaired) electrons. The molecule has 0 aliphatic heterocycles. The lowest BCUT2D eigenvalue weighted by Crippen LogP contribution is -2.22. The van der Waals surface area contributed by atoms with E-state index in [-0.39, 0.29) is 18.2 Å². The van der Waals surface area contributed by atoms with E-state index in [0.717, 1.165) is 12.8 Å². The van der Waals surface area contributed by atoms with Gasteiger partial charge in [-0.15, -0.1) is 0 Å². The van der Waals surface area contributed by atoms with Crippen LogP contribution in [0.4, 0.5) is 0 Å². The highest BCUT2D eigenvalue weighted by molar-refractivity contribution is 5.82. The first-order valence-electron chi connectivity index (χ1n) is 7.57. The molecule has 21 heavy (non-hydrogen) atoms. The van der Waals surface area contributed by atoms with Crippen molar-refractivity contribution in [3.8, 4) is 0 Å². The molecular formula is C18H30O3. The largest absolute Gasteiger partial charge is 0.458 e. The molecule has 0 fully saturated rings. The Balaban J connectivity index is 3.80. The van der Waals surface area contributed by atoms with Crippen LogP contribution in [0.15, 0.2) is 37.0 Å². The highest BCUT2D eigenvalue weighted by Gasteiger charge is 2.15. The van der Waals surface area contributed by atoms with Crippen molar-refractivity contribution in [1.82, 2.24) is 0 Å². The highest BCUT2D eigenvalue weighted by Crippen LogP contribution is 2.20. The average molecular weight is 294 g/mol. The van der Waals surface area contributed by atoms with Gasteiger partial charge in [-0.2, -0.15) is 0 Å². The maximum atomic E-state index is 11.2. The van der Waals surface area contributed by atoms with Gasteiger partial charge in [0.25, 0.3) is 0 Å². The van der Waals surface area contributed by atoms with Gasteiger partial charge in [-0.3, -0.25) is 0 Å². The van der Waals surface area contributed by atoms with Crippen molar-refractivity contribution in [2.24, 2.45) is 5.92 Å². The number of carbonyl (C=O) groups is 1. The molecule has 0 aromatic heterocycles. The minimum absolute atomic E-state index is 0.0237. The molecule has 0 heterocycles. The van der Waals surface area contributed by atoms with Crippen LogP contribution in [0.5, 0.6) is 0 Å². The third-order valence-corrected chi connectivity index (χ3v) is 3.39. The number of esters is 1. The van der Waals surface area contributed by atoms with Crippen LogP contribution in [-0.4, -0.2) is 25.3 Å². The van der Waals surface area contributed by atoms with Crippen LogP contribution < -0.4 is 0 Å². The van der Waals surface area contributed by atoms with Gasteiger partial charge in [0.15, 0.2) is 0 Å². The van der Waals surface area contributed by atoms with Gasteiger partial charge in [-0.05, 0) is 32.6 Å². The number of allylic oxidation sites excluding steroid dienone is 3. The first-order chi connectivity index (χ1) is 9.91. The topological polar surface area (TPSA) is 35.5 Å². The van der Waals surface area contributed by atoms with Gasteiger partial charge in [0.1, 0.15) is 6.61 Å². The van der Waals surface area contributed by atoms with Gasteiger partial charge in [0.2, 0.25) is 0 Å². The summed E-state index contributed by atoms with van der Waals surface area (Å²) in [7, 11) is 1.76. The first-order valence-corrected chi connectivity index (χ1v) is 7.57. The predicted octanol–water partition coefficient (Wildman–Crippen LogP) is 4.45. The van der Waals surface area contributed by atoms with Crippen LogP contribution >= 0.6 is 0 Å². The molecule has 0 aromatic carbocycles. The fourth-order valence-corrected chi connectivity index (χ4v) is 1.81. The van der Waals surface area contributed by atoms with Gasteiger partial charge in [-0.1, -0.05) is 50.6 Å². The van der Waals surface area contributed by atoms with E-state index in [2.05, 4.69) is 33.4 Å². The lowest BCUT2D eigenvalue weighted by Gasteiger charge is -2.23. The molecule has 3 nitrogen and oxygen atoms in total. The van der Waals surface area contributed by atoms with Crippen molar-refractivity contribution in [1.29, 1.82) is 0 Å². The summed E-state index contributed by atoms with van der Waals surface area (Å²) in [6.07, 6.45) is 13.1. The summed E-state index contributed by atoms with van der Waals surface area (Å²) in [6, 6.07) is 0. The second-order valence-corrected chi connectivity index (χ2v) is 5.90. The van der Waals surface area contributed by atoms with Crippen molar-refractivity contribution in [2.45, 2.75) is 52.1 Å². The fraction of sp³-hybridized carbons (Fsp3) is 0.611. The SMILES string of the molecule is C=CCOC(=O)C=CC=CCC(C)CCCC(C)(C)OC. The molecule has 3 heteroatoms. The summed E-state index contributed by atoms with van der Waals surface area (Å²) in [4.78, 5) is 11.2. The lowest BCUT2D eigenvalue weighted by atomic mass is 9.95. The minimum atomic E-state index is -0.339. The summed E-state index contributed by atoms with van der Waals surface area (Å²) in [5.74, 6) is 0.296. The zero-order valence-electron chi connectivity index (χ0n) is 13.9. The molecule has 0 N–H and O–H groups in total. The number of rotatable bonds is 11. The number of hydrogen-bond donors (Lipinski definition) is 0. The Labute approximate surface area is 129 Å². The van der Waals surface area contributed by atoms with Crippen LogP contribution in [0.25, 0.3) is 0 Å². The fourth-order valence-electron chi connectivity index (χ4n) is 1.81. The van der Waals surface area contributed by atoms with E-state index in [9.17, 15) is 4.79 Å². The third-order valence-electron chi connectivity index (χ3n) is 3.39. The molecule has 1 atom stereocenters. The molecule has 0 aromatic rings. The molecule has 0 rings (SSSR count). The minimum Gasteiger partial charge on any atom is -0.458 e. The molecule has 1 unspecified atom stereocenters. The van der Waals surface area contributed by atoms with E-state index in [0.29, 0.717) is 5.92 Å². The smallest absolute Gasteiger partial charge is 0.331 e. The number of carbonyl (C=O) groups excluding carboxylic acids is 1. The van der Waals surface area contributed by atoms with Crippen molar-refractivity contribution in [2.75, 3.05) is 13.7 Å². The Morgan fingerprint density at radius 1 is 1.33 bits per heavy atom. The number of hydrogen-bond acceptors (Lipinski definition) is 3. The number of methoxy groups -OCH3 is 1. The van der Waals surface area contributed by atoms with Crippen molar-refractivity contribution < 1.29 is 14.3 Å². The van der Waals surface area contributed by atoms with Crippen LogP contribution in [0.2, 0.25) is 0 Å². The second-order valence-electron chi connectivity index (χ2n) is 5.90. The lowest BCUT2D eigenvalue weighted by molar-refractivity contribution is -0.136. The molecule has 0 bridgehead atoms. The van der Waals surface area contributed by atoms with Crippen molar-refractivity contribution in [3.05, 3.63) is 37.0 Å². The van der Waals surface area contributed by atoms with Crippen LogP contribution in [0.1, 0.15) is 46.5 Å². The summed E-state index contributed by atoms with van der Waals surface area (Å²) in [5.41, 5.74) is -0.0237. The standard InChI is InChI=1S/C18H30O3/c1-6-15-21-17(19)13-9-7-8-11-16(2)12-10-14-18(3,4)20-5/h6-9,13,16H,1,10-12,14-15H2,2-5H3. The molecule has 0 spiro atoms. The molecule has 0 aliphatic rings. The molecule has 120 valence electrons. The normalized spacial score (nSPS) is 13.7. The Morgan fingerprint density at radius 3 is 2.67 bits per heavy atom. The highest BCUT2D eigenvalue weighted by atomic mass is 16.5. The van der Waals surface area contributed by atoms with E-state index in [1.165, 1.54) is 18.9 Å². The zero-order chi connectivity index (χ0) is 16.1. The summed E-state index contributed by atoms with van der Waals surface area (Å²) < 4.78 is 10.2. The summed E-state index contributed by atoms with van der Waals surface area (Å²) in [5, 5.41) is 0. The van der Waals surface area contributed by atoms with E-state index in [4.69, 9.17) is 9.47 Å². The Kier molecular flexibility index (Phi) is 10.6. The first kappa shape index (κ1) is 19.7. The molecule has 0 saturated heterocycles. The van der Waals surface area contributed by atoms with Crippen LogP contribution in [-0.2, 0) is 14.3 Å². The van der Waals surface area contributed by atoms with Crippen LogP contribution in [0, 0.1) is 5.92 Å².